The zero-order valence-corrected chi connectivity index (χ0v) is 9.28. The van der Waals surface area contributed by atoms with Crippen LogP contribution in [0.2, 0.25) is 0 Å². The van der Waals surface area contributed by atoms with E-state index in [0.29, 0.717) is 12.7 Å². The second kappa shape index (κ2) is 4.94. The van der Waals surface area contributed by atoms with E-state index in [2.05, 4.69) is 0 Å². The van der Waals surface area contributed by atoms with Crippen molar-refractivity contribution in [1.82, 2.24) is 4.90 Å². The van der Waals surface area contributed by atoms with Crippen LogP contribution in [-0.4, -0.2) is 50.3 Å². The van der Waals surface area contributed by atoms with Gasteiger partial charge in [-0.25, -0.2) is 0 Å². The number of methoxy groups -OCH3 is 1. The molecule has 0 N–H and O–H groups in total. The minimum atomic E-state index is 0.115. The zero-order chi connectivity index (χ0) is 10.7. The van der Waals surface area contributed by atoms with Crippen molar-refractivity contribution < 1.29 is 14.3 Å². The summed E-state index contributed by atoms with van der Waals surface area (Å²) >= 11 is 0. The molecule has 0 spiro atoms. The Morgan fingerprint density at radius 1 is 1.33 bits per heavy atom. The molecular weight excluding hydrogens is 194 g/mol. The Kier molecular flexibility index (Phi) is 3.59. The first-order chi connectivity index (χ1) is 7.31. The molecule has 86 valence electrons. The molecule has 0 aliphatic carbocycles. The van der Waals surface area contributed by atoms with E-state index in [0.717, 1.165) is 39.0 Å². The third kappa shape index (κ3) is 2.49. The Hall–Kier alpha value is -0.610. The van der Waals surface area contributed by atoms with Gasteiger partial charge in [0.2, 0.25) is 5.91 Å². The quantitative estimate of drug-likeness (QED) is 0.676. The number of amides is 1. The van der Waals surface area contributed by atoms with Gasteiger partial charge in [-0.15, -0.1) is 0 Å². The van der Waals surface area contributed by atoms with Crippen molar-refractivity contribution in [1.29, 1.82) is 0 Å². The normalized spacial score (nSPS) is 28.3. The summed E-state index contributed by atoms with van der Waals surface area (Å²) in [6, 6.07) is 0. The molecule has 15 heavy (non-hydrogen) atoms. The van der Waals surface area contributed by atoms with Crippen molar-refractivity contribution in [2.24, 2.45) is 5.92 Å². The van der Waals surface area contributed by atoms with E-state index in [9.17, 15) is 4.79 Å². The molecule has 2 rings (SSSR count). The highest BCUT2D eigenvalue weighted by atomic mass is 16.5. The maximum absolute atomic E-state index is 12.0. The van der Waals surface area contributed by atoms with Crippen molar-refractivity contribution >= 4 is 5.91 Å². The molecule has 2 saturated heterocycles. The molecule has 1 atom stereocenters. The van der Waals surface area contributed by atoms with Crippen LogP contribution < -0.4 is 0 Å². The Balaban J connectivity index is 1.81. The minimum Gasteiger partial charge on any atom is -0.381 e. The lowest BCUT2D eigenvalue weighted by atomic mass is 10.0. The Bertz CT molecular complexity index is 218. The van der Waals surface area contributed by atoms with Gasteiger partial charge in [0.15, 0.2) is 0 Å². The van der Waals surface area contributed by atoms with Crippen LogP contribution in [0.25, 0.3) is 0 Å². The smallest absolute Gasteiger partial charge is 0.228 e. The van der Waals surface area contributed by atoms with E-state index in [-0.39, 0.29) is 11.8 Å². The van der Waals surface area contributed by atoms with Crippen molar-refractivity contribution in [3.8, 4) is 0 Å². The molecule has 0 aromatic heterocycles. The zero-order valence-electron chi connectivity index (χ0n) is 9.28. The lowest BCUT2D eigenvalue weighted by molar-refractivity contribution is -0.137. The van der Waals surface area contributed by atoms with Crippen molar-refractivity contribution in [2.45, 2.75) is 25.4 Å². The summed E-state index contributed by atoms with van der Waals surface area (Å²) in [7, 11) is 1.74. The average Bonchev–Trinajstić information content (AvgIpc) is 2.82. The predicted octanol–water partition coefficient (Wildman–Crippen LogP) is 0.660. The van der Waals surface area contributed by atoms with Gasteiger partial charge >= 0.3 is 0 Å². The third-order valence-electron chi connectivity index (χ3n) is 3.37. The molecule has 4 heteroatoms. The standard InChI is InChI=1S/C11H19NO3/c1-14-10-2-5-12(6-3-10)11(13)9-4-7-15-8-9/h9-10H,2-8H2,1H3/t9-/m0/s1. The van der Waals surface area contributed by atoms with E-state index in [1.54, 1.807) is 7.11 Å². The molecule has 2 aliphatic rings. The highest BCUT2D eigenvalue weighted by Gasteiger charge is 2.30. The van der Waals surface area contributed by atoms with Crippen molar-refractivity contribution in [2.75, 3.05) is 33.4 Å². The molecule has 1 amide bonds. The second-order valence-electron chi connectivity index (χ2n) is 4.32. The number of hydrogen-bond donors (Lipinski definition) is 0. The lowest BCUT2D eigenvalue weighted by Gasteiger charge is -2.32. The van der Waals surface area contributed by atoms with Crippen molar-refractivity contribution in [3.05, 3.63) is 0 Å². The summed E-state index contributed by atoms with van der Waals surface area (Å²) in [5.74, 6) is 0.395. The number of carbonyl (C=O) groups is 1. The van der Waals surface area contributed by atoms with E-state index >= 15 is 0 Å². The monoisotopic (exact) mass is 213 g/mol. The van der Waals surface area contributed by atoms with Gasteiger partial charge in [-0.05, 0) is 19.3 Å². The SMILES string of the molecule is COC1CCN(C(=O)[C@H]2CCOC2)CC1. The fourth-order valence-corrected chi connectivity index (χ4v) is 2.30. The van der Waals surface area contributed by atoms with Crippen LogP contribution in [0.1, 0.15) is 19.3 Å². The van der Waals surface area contributed by atoms with Crippen LogP contribution in [0.5, 0.6) is 0 Å². The summed E-state index contributed by atoms with van der Waals surface area (Å²) in [4.78, 5) is 14.0. The van der Waals surface area contributed by atoms with E-state index < -0.39 is 0 Å². The first kappa shape index (κ1) is 10.9. The first-order valence-corrected chi connectivity index (χ1v) is 5.70. The molecule has 0 aromatic carbocycles. The van der Waals surface area contributed by atoms with Gasteiger partial charge in [0.05, 0.1) is 18.6 Å². The van der Waals surface area contributed by atoms with Crippen LogP contribution in [0.3, 0.4) is 0 Å². The molecular formula is C11H19NO3. The fourth-order valence-electron chi connectivity index (χ4n) is 2.30. The number of ether oxygens (including phenoxy) is 2. The van der Waals surface area contributed by atoms with Gasteiger partial charge in [0, 0.05) is 26.8 Å². The molecule has 0 aromatic rings. The number of likely N-dealkylation sites (tertiary alicyclic amines) is 1. The van der Waals surface area contributed by atoms with Gasteiger partial charge in [0.25, 0.3) is 0 Å². The largest absolute Gasteiger partial charge is 0.381 e. The molecule has 0 radical (unpaired) electrons. The average molecular weight is 213 g/mol. The van der Waals surface area contributed by atoms with Crippen LogP contribution in [-0.2, 0) is 14.3 Å². The summed E-state index contributed by atoms with van der Waals surface area (Å²) < 4.78 is 10.5. The van der Waals surface area contributed by atoms with E-state index in [1.165, 1.54) is 0 Å². The van der Waals surface area contributed by atoms with E-state index in [1.807, 2.05) is 4.90 Å². The molecule has 2 fully saturated rings. The minimum absolute atomic E-state index is 0.115. The van der Waals surface area contributed by atoms with Crippen LogP contribution >= 0.6 is 0 Å². The van der Waals surface area contributed by atoms with Crippen LogP contribution in [0.4, 0.5) is 0 Å². The predicted molar refractivity (Wildman–Crippen MR) is 55.5 cm³/mol. The van der Waals surface area contributed by atoms with Gasteiger partial charge in [-0.1, -0.05) is 0 Å². The van der Waals surface area contributed by atoms with Gasteiger partial charge in [-0.2, -0.15) is 0 Å². The topological polar surface area (TPSA) is 38.8 Å². The number of carbonyl (C=O) groups excluding carboxylic acids is 1. The highest BCUT2D eigenvalue weighted by Crippen LogP contribution is 2.19. The molecule has 2 aliphatic heterocycles. The fraction of sp³-hybridized carbons (Fsp3) is 0.909. The van der Waals surface area contributed by atoms with Gasteiger partial charge < -0.3 is 14.4 Å². The maximum atomic E-state index is 12.0. The number of hydrogen-bond acceptors (Lipinski definition) is 3. The summed E-state index contributed by atoms with van der Waals surface area (Å²) in [6.07, 6.45) is 3.17. The molecule has 0 saturated carbocycles. The Labute approximate surface area is 90.5 Å². The van der Waals surface area contributed by atoms with Gasteiger partial charge in [-0.3, -0.25) is 4.79 Å². The third-order valence-corrected chi connectivity index (χ3v) is 3.37. The lowest BCUT2D eigenvalue weighted by Crippen LogP contribution is -2.43. The summed E-state index contributed by atoms with van der Waals surface area (Å²) in [6.45, 7) is 3.04. The number of nitrogens with zero attached hydrogens (tertiary/aromatic N) is 1. The van der Waals surface area contributed by atoms with E-state index in [4.69, 9.17) is 9.47 Å². The number of piperidine rings is 1. The van der Waals surface area contributed by atoms with Crippen LogP contribution in [0.15, 0.2) is 0 Å². The molecule has 2 heterocycles. The van der Waals surface area contributed by atoms with Crippen LogP contribution in [0, 0.1) is 5.92 Å². The Morgan fingerprint density at radius 3 is 2.60 bits per heavy atom. The summed E-state index contributed by atoms with van der Waals surface area (Å²) in [5.41, 5.74) is 0. The second-order valence-corrected chi connectivity index (χ2v) is 4.32. The first-order valence-electron chi connectivity index (χ1n) is 5.70. The molecule has 4 nitrogen and oxygen atoms in total. The van der Waals surface area contributed by atoms with Crippen molar-refractivity contribution in [3.63, 3.8) is 0 Å². The number of rotatable bonds is 2. The molecule has 0 unspecified atom stereocenters. The molecule has 0 bridgehead atoms. The maximum Gasteiger partial charge on any atom is 0.228 e. The summed E-state index contributed by atoms with van der Waals surface area (Å²) in [5, 5.41) is 0. The van der Waals surface area contributed by atoms with Gasteiger partial charge in [0.1, 0.15) is 0 Å². The highest BCUT2D eigenvalue weighted by molar-refractivity contribution is 5.79. The Morgan fingerprint density at radius 2 is 2.07 bits per heavy atom.